The van der Waals surface area contributed by atoms with Crippen molar-refractivity contribution in [2.75, 3.05) is 188 Å². The van der Waals surface area contributed by atoms with Crippen molar-refractivity contribution in [1.82, 2.24) is 0 Å². The largest absolute Gasteiger partial charge is 0.382 e. The van der Waals surface area contributed by atoms with E-state index in [9.17, 15) is 8.42 Å². The maximum absolute atomic E-state index is 14.3. The van der Waals surface area contributed by atoms with Crippen LogP contribution in [0.5, 0.6) is 0 Å². The fraction of sp³-hybridized carbons (Fsp3) is 0.913. The van der Waals surface area contributed by atoms with Crippen LogP contribution in [0, 0.1) is 6.92 Å². The van der Waals surface area contributed by atoms with Crippen molar-refractivity contribution < 1.29 is 174 Å². The van der Waals surface area contributed by atoms with Crippen molar-refractivity contribution in [2.45, 2.75) is 227 Å². The molecule has 0 unspecified atom stereocenters. The maximum atomic E-state index is 14.3. The molecule has 21 aliphatic heterocycles. The van der Waals surface area contributed by atoms with E-state index in [-0.39, 0.29) is 44.5 Å². The first-order valence-corrected chi connectivity index (χ1v) is 36.7. The fourth-order valence-corrected chi connectivity index (χ4v) is 16.5. The molecular formula is C69H116O37S. The van der Waals surface area contributed by atoms with Gasteiger partial charge in [0.05, 0.1) is 51.1 Å². The number of ether oxygens (including phenoxy) is 34. The summed E-state index contributed by atoms with van der Waals surface area (Å²) in [6, 6.07) is 6.14. The van der Waals surface area contributed by atoms with Crippen molar-refractivity contribution in [1.29, 1.82) is 0 Å². The van der Waals surface area contributed by atoms with Gasteiger partial charge >= 0.3 is 0 Å². The quantitative estimate of drug-likeness (QED) is 0.0882. The lowest BCUT2D eigenvalue weighted by molar-refractivity contribution is -0.402. The summed E-state index contributed by atoms with van der Waals surface area (Å²) < 4.78 is 255. The van der Waals surface area contributed by atoms with Crippen molar-refractivity contribution in [3.8, 4) is 0 Å². The molecule has 21 fully saturated rings. The van der Waals surface area contributed by atoms with Gasteiger partial charge in [-0.25, -0.2) is 0 Å². The molecule has 107 heavy (non-hydrogen) atoms. The maximum Gasteiger partial charge on any atom is 0.297 e. The molecule has 37 nitrogen and oxygen atoms in total. The van der Waals surface area contributed by atoms with Gasteiger partial charge in [0, 0.05) is 142 Å². The van der Waals surface area contributed by atoms with Crippen LogP contribution in [0.25, 0.3) is 0 Å². The number of hydrogen-bond acceptors (Lipinski definition) is 37. The van der Waals surface area contributed by atoms with Gasteiger partial charge in [0.1, 0.15) is 171 Å². The Morgan fingerprint density at radius 3 is 0.542 bits per heavy atom. The Morgan fingerprint density at radius 1 is 0.234 bits per heavy atom. The van der Waals surface area contributed by atoms with E-state index in [1.807, 2.05) is 6.92 Å². The highest BCUT2D eigenvalue weighted by Crippen LogP contribution is 2.43. The van der Waals surface area contributed by atoms with Gasteiger partial charge in [-0.2, -0.15) is 8.42 Å². The first-order chi connectivity index (χ1) is 51.8. The zero-order valence-electron chi connectivity index (χ0n) is 65.0. The molecular weight excluding hydrogens is 1450 g/mol. The lowest BCUT2D eigenvalue weighted by Crippen LogP contribution is -2.69. The molecule has 21 saturated heterocycles. The van der Waals surface area contributed by atoms with E-state index in [1.54, 1.807) is 12.1 Å². The Morgan fingerprint density at radius 2 is 0.393 bits per heavy atom. The monoisotopic (exact) mass is 1570 g/mol. The average Bonchev–Trinajstić information content (AvgIpc) is 0.779. The highest BCUT2D eigenvalue weighted by Gasteiger charge is 2.62. The van der Waals surface area contributed by atoms with Gasteiger partial charge in [-0.15, -0.1) is 0 Å². The number of hydrogen-bond donors (Lipinski definition) is 0. The van der Waals surface area contributed by atoms with Crippen molar-refractivity contribution in [3.63, 3.8) is 0 Å². The molecule has 21 aliphatic rings. The van der Waals surface area contributed by atoms with Crippen molar-refractivity contribution in [2.24, 2.45) is 0 Å². The van der Waals surface area contributed by atoms with Crippen LogP contribution in [0.2, 0.25) is 0 Å². The second kappa shape index (κ2) is 42.4. The van der Waals surface area contributed by atoms with Crippen LogP contribution in [-0.2, 0) is 175 Å². The number of methoxy groups -OCH3 is 20. The molecule has 22 rings (SSSR count). The number of benzene rings is 1. The SMILES string of the molecule is COC[C@H]1O[C@@H]2O[C@H]3[C@H](OC)[C@@H](OC)[C@@H](O[C@H]4[C@H](OC)[C@@H](OC)[C@@H](O[C@H]5[C@H](OC)[C@@H](OC)[C@@H](O[C@H]6[C@H](OC)[C@@H](OC)[C@@H](O[C@H]7[C@H](OC)[C@@H](OC)[C@@H](O[C@H]8[C@H](OC)[C@H](OC)[C@@H](O[C@H]1[C@H](OC)[C@@H]2OC)O[C@@H]8COC)O[C@@H]7COC)O[C@@H]6COC)O[C@@H]5COC)O[C@@H]4COC)O[C@@H]3COS(=O)(=O)c1ccc(C)cc1. The highest BCUT2D eigenvalue weighted by molar-refractivity contribution is 7.86. The standard InChI is InChI=1S/C69H116O37S/c1-33-22-24-34(25-23-33)107(70,71)92-32-41-48-55(84-14)62(91-21)69(99-41)105-47-40(31-77-7)97-67(60(89-19)54(47)83-13)103-45-38(29-75-5)95-65(58(87-17)52(45)81-11)101-43-36(27-73-3)93-63(56(85-15)50(43)79-9)100-42-35(26-72-2)94-64(57(86-16)49(42)78-8)102-44-37(28-74-4)96-66(59(88-18)51(44)80-10)104-46-39(30-76-6)98-68(106-48)61(90-20)53(46)82-12/h22-25,35-69H,26-32H2,1-21H3/t35-,36-,37-,38-,39-,40-,41-,42-,43-,44-,45-,46-,47-,48-,49+,50+,51+,52+,53+,54+,55+,56-,57-,58-,59+,60-,61+,62-,63-,64-,65-,66-,67-,68-,69-/m1/s1. The van der Waals surface area contributed by atoms with Crippen LogP contribution in [0.3, 0.4) is 0 Å². The van der Waals surface area contributed by atoms with Gasteiger partial charge in [0.2, 0.25) is 0 Å². The Bertz CT molecular complexity index is 2790. The molecule has 0 aromatic heterocycles. The van der Waals surface area contributed by atoms with E-state index in [4.69, 9.17) is 165 Å². The molecule has 14 bridgehead atoms. The third-order valence-electron chi connectivity index (χ3n) is 20.7. The zero-order chi connectivity index (χ0) is 77.4. The highest BCUT2D eigenvalue weighted by atomic mass is 32.2. The first kappa shape index (κ1) is 88.7. The van der Waals surface area contributed by atoms with Crippen LogP contribution in [0.1, 0.15) is 5.56 Å². The molecule has 38 heteroatoms. The molecule has 0 spiro atoms. The van der Waals surface area contributed by atoms with Crippen LogP contribution in [-0.4, -0.2) is 412 Å². The van der Waals surface area contributed by atoms with Crippen LogP contribution < -0.4 is 0 Å². The fourth-order valence-electron chi connectivity index (χ4n) is 15.6. The zero-order valence-corrected chi connectivity index (χ0v) is 65.8. The normalized spacial score (nSPS) is 43.3. The number of rotatable bonds is 30. The predicted octanol–water partition coefficient (Wildman–Crippen LogP) is -0.427. The second-order valence-electron chi connectivity index (χ2n) is 26.6. The van der Waals surface area contributed by atoms with Crippen molar-refractivity contribution >= 4 is 10.1 Å². The molecule has 35 atom stereocenters. The Labute approximate surface area is 626 Å². The van der Waals surface area contributed by atoms with Crippen LogP contribution in [0.4, 0.5) is 0 Å². The summed E-state index contributed by atoms with van der Waals surface area (Å²) in [5.41, 5.74) is 0.813. The first-order valence-electron chi connectivity index (χ1n) is 35.3. The number of aryl methyl sites for hydroxylation is 1. The Kier molecular flexibility index (Phi) is 35.2. The van der Waals surface area contributed by atoms with E-state index in [2.05, 4.69) is 0 Å². The minimum Gasteiger partial charge on any atom is -0.382 e. The Balaban J connectivity index is 1.16. The van der Waals surface area contributed by atoms with Gasteiger partial charge in [0.25, 0.3) is 10.1 Å². The average molecular weight is 1570 g/mol. The molecule has 620 valence electrons. The van der Waals surface area contributed by atoms with Crippen LogP contribution in [0.15, 0.2) is 29.2 Å². The minimum atomic E-state index is -4.51. The summed E-state index contributed by atoms with van der Waals surface area (Å²) >= 11 is 0. The topological polar surface area (TPSA) is 357 Å². The summed E-state index contributed by atoms with van der Waals surface area (Å²) in [6.45, 7) is 0.556. The van der Waals surface area contributed by atoms with Gasteiger partial charge < -0.3 is 161 Å². The van der Waals surface area contributed by atoms with E-state index in [0.717, 1.165) is 5.56 Å². The molecule has 0 aliphatic carbocycles. The summed E-state index contributed by atoms with van der Waals surface area (Å²) in [5.74, 6) is 0. The van der Waals surface area contributed by atoms with Crippen LogP contribution >= 0.6 is 0 Å². The molecule has 0 saturated carbocycles. The van der Waals surface area contributed by atoms with Gasteiger partial charge in [-0.1, -0.05) is 17.7 Å². The summed E-state index contributed by atoms with van der Waals surface area (Å²) in [7, 11) is 24.9. The van der Waals surface area contributed by atoms with E-state index in [1.165, 1.54) is 154 Å². The van der Waals surface area contributed by atoms with Gasteiger partial charge in [0.15, 0.2) is 44.0 Å². The third-order valence-corrected chi connectivity index (χ3v) is 22.0. The lowest BCUT2D eigenvalue weighted by atomic mass is 9.94. The molecule has 1 aromatic carbocycles. The van der Waals surface area contributed by atoms with Gasteiger partial charge in [-0.3, -0.25) is 4.18 Å². The van der Waals surface area contributed by atoms with E-state index < -0.39 is 232 Å². The lowest BCUT2D eigenvalue weighted by Gasteiger charge is -2.52. The molecule has 1 aromatic rings. The second-order valence-corrected chi connectivity index (χ2v) is 28.2. The summed E-state index contributed by atoms with van der Waals surface area (Å²) in [6.07, 6.45) is -39.7. The Hall–Kier alpha value is -2.23. The molecule has 21 heterocycles. The smallest absolute Gasteiger partial charge is 0.297 e. The predicted molar refractivity (Wildman–Crippen MR) is 361 cm³/mol. The molecule has 0 N–H and O–H groups in total. The third kappa shape index (κ3) is 19.7. The summed E-state index contributed by atoms with van der Waals surface area (Å²) in [4.78, 5) is -0.129. The van der Waals surface area contributed by atoms with E-state index >= 15 is 0 Å². The summed E-state index contributed by atoms with van der Waals surface area (Å²) in [5, 5.41) is 0. The molecule has 0 radical (unpaired) electrons. The minimum absolute atomic E-state index is 0.0658. The van der Waals surface area contributed by atoms with Crippen molar-refractivity contribution in [3.05, 3.63) is 29.8 Å². The molecule has 0 amide bonds. The van der Waals surface area contributed by atoms with E-state index in [0.29, 0.717) is 0 Å². The van der Waals surface area contributed by atoms with Gasteiger partial charge in [-0.05, 0) is 19.1 Å².